The highest BCUT2D eigenvalue weighted by molar-refractivity contribution is 5.74. The Labute approximate surface area is 126 Å². The molecular weight excluding hydrogens is 262 g/mol. The van der Waals surface area contributed by atoms with Crippen molar-refractivity contribution in [2.75, 3.05) is 6.54 Å². The number of fused-ring (bicyclic) bond motifs is 1. The molecule has 3 aliphatic rings. The lowest BCUT2D eigenvalue weighted by Crippen LogP contribution is -2.61. The van der Waals surface area contributed by atoms with Gasteiger partial charge in [0.1, 0.15) is 5.75 Å². The summed E-state index contributed by atoms with van der Waals surface area (Å²) in [6, 6.07) is 6.25. The van der Waals surface area contributed by atoms with E-state index in [2.05, 4.69) is 11.0 Å². The van der Waals surface area contributed by atoms with Gasteiger partial charge in [-0.05, 0) is 54.9 Å². The number of piperidine rings is 1. The summed E-state index contributed by atoms with van der Waals surface area (Å²) in [6.45, 7) is 2.59. The maximum atomic E-state index is 12.0. The van der Waals surface area contributed by atoms with Crippen LogP contribution in [0.25, 0.3) is 0 Å². The molecule has 3 atom stereocenters. The number of rotatable bonds is 0. The van der Waals surface area contributed by atoms with E-state index in [0.717, 1.165) is 19.4 Å². The van der Waals surface area contributed by atoms with E-state index in [4.69, 9.17) is 0 Å². The van der Waals surface area contributed by atoms with Crippen LogP contribution in [0, 0.1) is 5.92 Å². The first-order valence-electron chi connectivity index (χ1n) is 8.21. The first kappa shape index (κ1) is 13.2. The summed E-state index contributed by atoms with van der Waals surface area (Å²) >= 11 is 0. The Morgan fingerprint density at radius 3 is 3.00 bits per heavy atom. The van der Waals surface area contributed by atoms with Crippen molar-refractivity contribution in [2.24, 2.45) is 5.92 Å². The van der Waals surface area contributed by atoms with Crippen molar-refractivity contribution in [3.8, 4) is 5.75 Å². The Kier molecular flexibility index (Phi) is 2.82. The highest BCUT2D eigenvalue weighted by Gasteiger charge is 2.54. The minimum atomic E-state index is 0.210. The zero-order chi connectivity index (χ0) is 14.6. The second-order valence-electron chi connectivity index (χ2n) is 7.08. The van der Waals surface area contributed by atoms with Crippen LogP contribution in [0.5, 0.6) is 5.75 Å². The van der Waals surface area contributed by atoms with Gasteiger partial charge in [0.2, 0.25) is 5.91 Å². The average Bonchev–Trinajstić information content (AvgIpc) is 2.48. The van der Waals surface area contributed by atoms with E-state index in [0.29, 0.717) is 17.7 Å². The fourth-order valence-electron chi connectivity index (χ4n) is 5.38. The average molecular weight is 285 g/mol. The van der Waals surface area contributed by atoms with Crippen molar-refractivity contribution in [1.82, 2.24) is 4.90 Å². The summed E-state index contributed by atoms with van der Waals surface area (Å²) in [5, 5.41) is 9.95. The Morgan fingerprint density at radius 1 is 1.33 bits per heavy atom. The van der Waals surface area contributed by atoms with E-state index >= 15 is 0 Å². The molecule has 2 fully saturated rings. The van der Waals surface area contributed by atoms with E-state index in [9.17, 15) is 9.90 Å². The van der Waals surface area contributed by atoms with E-state index in [1.54, 1.807) is 13.0 Å². The minimum absolute atomic E-state index is 0.210. The third-order valence-electron chi connectivity index (χ3n) is 6.22. The number of carbonyl (C=O) groups excluding carboxylic acids is 1. The Morgan fingerprint density at radius 2 is 2.19 bits per heavy atom. The first-order valence-corrected chi connectivity index (χ1v) is 8.21. The number of nitrogens with zero attached hydrogens (tertiary/aromatic N) is 1. The number of benzene rings is 1. The molecule has 0 radical (unpaired) electrons. The Balaban J connectivity index is 1.87. The number of phenols is 1. The first-order chi connectivity index (χ1) is 10.1. The summed E-state index contributed by atoms with van der Waals surface area (Å²) in [6.07, 6.45) is 7.02. The molecule has 21 heavy (non-hydrogen) atoms. The number of carbonyl (C=O) groups is 1. The molecule has 1 amide bonds. The van der Waals surface area contributed by atoms with Crippen LogP contribution in [-0.4, -0.2) is 28.5 Å². The third kappa shape index (κ3) is 1.76. The van der Waals surface area contributed by atoms with Crippen LogP contribution >= 0.6 is 0 Å². The molecule has 1 aliphatic heterocycles. The minimum Gasteiger partial charge on any atom is -0.508 e. The van der Waals surface area contributed by atoms with Gasteiger partial charge >= 0.3 is 0 Å². The summed E-state index contributed by atoms with van der Waals surface area (Å²) in [7, 11) is 0. The van der Waals surface area contributed by atoms with Gasteiger partial charge in [0.15, 0.2) is 0 Å². The smallest absolute Gasteiger partial charge is 0.219 e. The zero-order valence-corrected chi connectivity index (χ0v) is 12.6. The summed E-state index contributed by atoms with van der Waals surface area (Å²) in [5.74, 6) is 1.19. The normalized spacial score (nSPS) is 34.0. The standard InChI is InChI=1S/C18H23NO2/c1-12(20)19-9-8-18-7-3-2-4-15(18)17(19)10-13-5-6-14(21)11-16(13)18/h5-6,11,15,17,21H,2-4,7-10H2,1H3/t15-,17-,18-/m0/s1. The van der Waals surface area contributed by atoms with Crippen LogP contribution in [0.3, 0.4) is 0 Å². The number of phenolic OH excluding ortho intramolecular Hbond substituents is 1. The van der Waals surface area contributed by atoms with E-state index < -0.39 is 0 Å². The lowest BCUT2D eigenvalue weighted by atomic mass is 9.52. The maximum Gasteiger partial charge on any atom is 0.219 e. The molecule has 0 unspecified atom stereocenters. The van der Waals surface area contributed by atoms with Crippen LogP contribution in [0.1, 0.15) is 50.2 Å². The van der Waals surface area contributed by atoms with Crippen LogP contribution in [-0.2, 0) is 16.6 Å². The molecule has 112 valence electrons. The molecule has 3 heteroatoms. The molecule has 2 aliphatic carbocycles. The second kappa shape index (κ2) is 4.49. The molecule has 1 aromatic rings. The van der Waals surface area contributed by atoms with Gasteiger partial charge in [0.25, 0.3) is 0 Å². The van der Waals surface area contributed by atoms with Gasteiger partial charge in [0, 0.05) is 24.9 Å². The monoisotopic (exact) mass is 285 g/mol. The number of hydrogen-bond acceptors (Lipinski definition) is 2. The summed E-state index contributed by atoms with van der Waals surface area (Å²) < 4.78 is 0. The maximum absolute atomic E-state index is 12.0. The van der Waals surface area contributed by atoms with Crippen LogP contribution in [0.15, 0.2) is 18.2 Å². The fourth-order valence-corrected chi connectivity index (χ4v) is 5.38. The van der Waals surface area contributed by atoms with Gasteiger partial charge in [-0.25, -0.2) is 0 Å². The second-order valence-corrected chi connectivity index (χ2v) is 7.08. The SMILES string of the molecule is CC(=O)N1CC[C@@]23CCCC[C@H]2[C@@H]1Cc1ccc(O)cc13. The predicted octanol–water partition coefficient (Wildman–Crippen LogP) is 3.00. The number of amides is 1. The molecule has 0 spiro atoms. The van der Waals surface area contributed by atoms with Crippen molar-refractivity contribution in [1.29, 1.82) is 0 Å². The predicted molar refractivity (Wildman–Crippen MR) is 81.2 cm³/mol. The lowest BCUT2D eigenvalue weighted by Gasteiger charge is -2.58. The van der Waals surface area contributed by atoms with Crippen LogP contribution < -0.4 is 0 Å². The van der Waals surface area contributed by atoms with Gasteiger partial charge < -0.3 is 10.0 Å². The van der Waals surface area contributed by atoms with Gasteiger partial charge in [-0.2, -0.15) is 0 Å². The molecule has 1 saturated heterocycles. The number of likely N-dealkylation sites (tertiary alicyclic amines) is 1. The summed E-state index contributed by atoms with van der Waals surface area (Å²) in [4.78, 5) is 14.1. The Hall–Kier alpha value is -1.51. The van der Waals surface area contributed by atoms with E-state index in [1.807, 2.05) is 6.07 Å². The highest BCUT2D eigenvalue weighted by atomic mass is 16.3. The van der Waals surface area contributed by atoms with E-state index in [-0.39, 0.29) is 11.3 Å². The quantitative estimate of drug-likeness (QED) is 0.796. The molecular formula is C18H23NO2. The van der Waals surface area contributed by atoms with Crippen molar-refractivity contribution < 1.29 is 9.90 Å². The zero-order valence-electron chi connectivity index (χ0n) is 12.6. The number of aromatic hydroxyl groups is 1. The van der Waals surface area contributed by atoms with Crippen molar-refractivity contribution in [3.63, 3.8) is 0 Å². The van der Waals surface area contributed by atoms with Gasteiger partial charge in [-0.1, -0.05) is 18.9 Å². The van der Waals surface area contributed by atoms with E-state index in [1.165, 1.54) is 36.8 Å². The van der Waals surface area contributed by atoms with Crippen molar-refractivity contribution in [3.05, 3.63) is 29.3 Å². The topological polar surface area (TPSA) is 40.5 Å². The fraction of sp³-hybridized carbons (Fsp3) is 0.611. The van der Waals surface area contributed by atoms with Crippen molar-refractivity contribution >= 4 is 5.91 Å². The van der Waals surface area contributed by atoms with Gasteiger partial charge in [0.05, 0.1) is 0 Å². The summed E-state index contributed by atoms with van der Waals surface area (Å²) in [5.41, 5.74) is 2.94. The molecule has 2 bridgehead atoms. The lowest BCUT2D eigenvalue weighted by molar-refractivity contribution is -0.138. The molecule has 1 aromatic carbocycles. The molecule has 3 nitrogen and oxygen atoms in total. The highest BCUT2D eigenvalue weighted by Crippen LogP contribution is 2.56. The third-order valence-corrected chi connectivity index (χ3v) is 6.22. The van der Waals surface area contributed by atoms with Gasteiger partial charge in [-0.3, -0.25) is 4.79 Å². The van der Waals surface area contributed by atoms with Crippen molar-refractivity contribution in [2.45, 2.75) is 56.9 Å². The molecule has 0 aromatic heterocycles. The molecule has 1 heterocycles. The van der Waals surface area contributed by atoms with Crippen LogP contribution in [0.2, 0.25) is 0 Å². The largest absolute Gasteiger partial charge is 0.508 e. The molecule has 1 N–H and O–H groups in total. The molecule has 4 rings (SSSR count). The number of hydrogen-bond donors (Lipinski definition) is 1. The van der Waals surface area contributed by atoms with Gasteiger partial charge in [-0.15, -0.1) is 0 Å². The molecule has 1 saturated carbocycles. The van der Waals surface area contributed by atoms with Crippen LogP contribution in [0.4, 0.5) is 0 Å². The Bertz CT molecular complexity index is 597.